The average molecular weight is 1780 g/mol. The minimum Gasteiger partial charge on any atom is -0.497 e. The fourth-order valence-electron chi connectivity index (χ4n) is 13.4. The number of nitrogens with zero attached hydrogens (tertiary/aromatic N) is 4. The molecule has 2 aliphatic heterocycles. The third-order valence-corrected chi connectivity index (χ3v) is 21.5. The smallest absolute Gasteiger partial charge is 0.338 e. The molecular weight excluding hydrogens is 1650 g/mol. The van der Waals surface area contributed by atoms with E-state index < -0.39 is 11.9 Å². The number of ether oxygens (including phenoxy) is 14. The Hall–Kier alpha value is -11.3. The van der Waals surface area contributed by atoms with E-state index in [0.29, 0.717) is 158 Å². The molecule has 2 aliphatic carbocycles. The topological polar surface area (TPSA) is 337 Å². The van der Waals surface area contributed by atoms with E-state index in [1.807, 2.05) is 60.7 Å². The molecule has 5 aromatic carbocycles. The van der Waals surface area contributed by atoms with Gasteiger partial charge in [-0.2, -0.15) is 0 Å². The highest BCUT2D eigenvalue weighted by Gasteiger charge is 2.33. The molecule has 30 nitrogen and oxygen atoms in total. The van der Waals surface area contributed by atoms with Crippen LogP contribution in [-0.2, 0) is 79.9 Å². The summed E-state index contributed by atoms with van der Waals surface area (Å²) in [6.45, 7) is 28.1. The maximum absolute atomic E-state index is 13.5. The molecule has 0 aromatic heterocycles. The van der Waals surface area contributed by atoms with Crippen molar-refractivity contribution in [1.29, 1.82) is 0 Å². The van der Waals surface area contributed by atoms with Crippen molar-refractivity contribution in [2.75, 3.05) is 148 Å². The van der Waals surface area contributed by atoms with Crippen molar-refractivity contribution in [3.8, 4) is 46.0 Å². The Balaban J connectivity index is 0.000000306. The van der Waals surface area contributed by atoms with Crippen LogP contribution in [0, 0.1) is 23.7 Å². The van der Waals surface area contributed by atoms with Gasteiger partial charge in [0.05, 0.1) is 104 Å². The van der Waals surface area contributed by atoms with E-state index in [1.54, 1.807) is 90.8 Å². The number of piperazine rings is 2. The van der Waals surface area contributed by atoms with Gasteiger partial charge >= 0.3 is 47.8 Å². The molecule has 0 amide bonds. The lowest BCUT2D eigenvalue weighted by molar-refractivity contribution is -0.142. The maximum atomic E-state index is 13.5. The Bertz CT molecular complexity index is 4050. The summed E-state index contributed by atoms with van der Waals surface area (Å²) in [6.07, 6.45) is 20.2. The first-order valence-corrected chi connectivity index (χ1v) is 44.2. The van der Waals surface area contributed by atoms with Crippen LogP contribution in [0.25, 0.3) is 0 Å². The van der Waals surface area contributed by atoms with Crippen LogP contribution in [0.2, 0.25) is 0 Å². The van der Waals surface area contributed by atoms with E-state index in [4.69, 9.17) is 66.3 Å². The van der Waals surface area contributed by atoms with E-state index in [1.165, 1.54) is 6.08 Å². The van der Waals surface area contributed by atoms with Crippen LogP contribution < -0.4 is 48.7 Å². The molecule has 4 aliphatic rings. The molecule has 0 atom stereocenters. The summed E-state index contributed by atoms with van der Waals surface area (Å²) in [4.78, 5) is 122. The van der Waals surface area contributed by atoms with Crippen molar-refractivity contribution < 1.29 is 114 Å². The number of benzene rings is 5. The van der Waals surface area contributed by atoms with Gasteiger partial charge < -0.3 is 76.1 Å². The standard InChI is InChI=1S/C36H56N6O6.C17H22O5.C16H22O4.C15H18O5.C14H18O4/c1-25(43)27-5-9-29(10-6-27)35(45)47-33-21-32(24-38-42-19-15-40(4)16-20-42)34(22-31(33)23-37-41-17-13-39(3)14-18-41)48-36(46)30-11-7-28(8-12-30)26(2)44;1-3-16(18)21-12-6-4-5-7-13-22-17(19)14-8-10-15(20-2)11-9-14;1-3-16(17)20-13-7-5-4-6-12-19-15-10-8-14(18-2)9-11-15;1-3-14(16)19-10-4-5-11-20-15(17)12-6-8-13(18-2)9-7-12;1-3-14(15)18-11-5-4-10-17-13-8-6-12(16-2)7-9-13/h21-22,27-30,37-38H,5-20,23-24H2,1-4H3;3,8-11H,1,4-7,12-13H2,2H3;3,8-11H,1,4-7,12-13H2,2H3;3,6-9H,1,4-5,10-11H2,2H3;3,6-9H,1,4-5,10-11H2,2H3. The molecule has 4 fully saturated rings. The van der Waals surface area contributed by atoms with Crippen molar-refractivity contribution in [3.05, 3.63) is 182 Å². The predicted molar refractivity (Wildman–Crippen MR) is 485 cm³/mol. The fourth-order valence-corrected chi connectivity index (χ4v) is 13.4. The SMILES string of the molecule is C=CC(=O)OCCCCCCOC(=O)c1ccc(OC)cc1.C=CC(=O)OCCCCCCOc1ccc(OC)cc1.C=CC(=O)OCCCCOC(=O)c1ccc(OC)cc1.C=CC(=O)OCCCCOc1ccc(OC)cc1.CC(=O)C1CCC(C(=O)Oc2cc(CNN3CCN(C)CC3)c(OC(=O)C3CCC(C(C)=O)CC3)cc2CNN2CCN(C)CC2)CC1. The van der Waals surface area contributed by atoms with Crippen LogP contribution >= 0.6 is 0 Å². The second kappa shape index (κ2) is 63.6. The van der Waals surface area contributed by atoms with Crippen LogP contribution in [0.3, 0.4) is 0 Å². The van der Waals surface area contributed by atoms with Gasteiger partial charge in [-0.25, -0.2) is 38.8 Å². The van der Waals surface area contributed by atoms with Crippen molar-refractivity contribution >= 4 is 59.3 Å². The second-order valence-corrected chi connectivity index (χ2v) is 31.0. The monoisotopic (exact) mass is 1780 g/mol. The summed E-state index contributed by atoms with van der Waals surface area (Å²) in [5, 5.41) is 4.35. The van der Waals surface area contributed by atoms with Crippen LogP contribution in [0.15, 0.2) is 160 Å². The summed E-state index contributed by atoms with van der Waals surface area (Å²) in [5.41, 5.74) is 9.50. The maximum Gasteiger partial charge on any atom is 0.338 e. The number of carbonyl (C=O) groups is 10. The van der Waals surface area contributed by atoms with Crippen molar-refractivity contribution in [1.82, 2.24) is 30.7 Å². The van der Waals surface area contributed by atoms with Gasteiger partial charge in [-0.3, -0.25) is 30.0 Å². The molecule has 702 valence electrons. The van der Waals surface area contributed by atoms with Gasteiger partial charge in [0.1, 0.15) is 57.6 Å². The third kappa shape index (κ3) is 44.4. The molecule has 2 saturated heterocycles. The zero-order valence-corrected chi connectivity index (χ0v) is 76.3. The predicted octanol–water partition coefficient (Wildman–Crippen LogP) is 14.2. The molecule has 0 bridgehead atoms. The largest absolute Gasteiger partial charge is 0.497 e. The Labute approximate surface area is 755 Å². The minimum atomic E-state index is -0.444. The number of rotatable bonds is 48. The number of methoxy groups -OCH3 is 4. The summed E-state index contributed by atoms with van der Waals surface area (Å²) >= 11 is 0. The van der Waals surface area contributed by atoms with E-state index in [9.17, 15) is 47.9 Å². The van der Waals surface area contributed by atoms with Gasteiger partial charge in [0, 0.05) is 113 Å². The van der Waals surface area contributed by atoms with Gasteiger partial charge in [0.25, 0.3) is 0 Å². The number of Topliss-reactive ketones (excluding diaryl/α,β-unsaturated/α-hetero) is 2. The molecule has 9 rings (SSSR count). The molecule has 2 N–H and O–H groups in total. The number of unbranched alkanes of at least 4 members (excludes halogenated alkanes) is 8. The molecule has 2 saturated carbocycles. The minimum absolute atomic E-state index is 0.0242. The lowest BCUT2D eigenvalue weighted by atomic mass is 9.80. The second-order valence-electron chi connectivity index (χ2n) is 31.0. The van der Waals surface area contributed by atoms with E-state index in [-0.39, 0.29) is 77.7 Å². The molecule has 0 unspecified atom stereocenters. The molecule has 128 heavy (non-hydrogen) atoms. The van der Waals surface area contributed by atoms with Gasteiger partial charge in [-0.15, -0.1) is 0 Å². The van der Waals surface area contributed by atoms with Crippen LogP contribution in [0.5, 0.6) is 46.0 Å². The Morgan fingerprint density at radius 3 is 0.844 bits per heavy atom. The molecule has 2 heterocycles. The lowest BCUT2D eigenvalue weighted by Crippen LogP contribution is -2.50. The number of ketones is 2. The van der Waals surface area contributed by atoms with Gasteiger partial charge in [-0.05, 0) is 266 Å². The fraction of sp³-hybridized carbons (Fsp3) is 0.510. The number of hydrazine groups is 2. The molecule has 5 aromatic rings. The highest BCUT2D eigenvalue weighted by Crippen LogP contribution is 2.37. The molecular formula is C98H136N6O24. The number of esters is 8. The van der Waals surface area contributed by atoms with E-state index in [0.717, 1.165) is 169 Å². The summed E-state index contributed by atoms with van der Waals surface area (Å²) in [6, 6.07) is 32.2. The Morgan fingerprint density at radius 1 is 0.328 bits per heavy atom. The normalized spacial score (nSPS) is 16.1. The van der Waals surface area contributed by atoms with Crippen molar-refractivity contribution in [3.63, 3.8) is 0 Å². The zero-order chi connectivity index (χ0) is 93.1. The van der Waals surface area contributed by atoms with E-state index in [2.05, 4.69) is 71.1 Å². The van der Waals surface area contributed by atoms with Crippen molar-refractivity contribution in [2.45, 2.75) is 155 Å². The number of hydrogen-bond donors (Lipinski definition) is 2. The summed E-state index contributed by atoms with van der Waals surface area (Å²) in [5.74, 6) is 2.68. The summed E-state index contributed by atoms with van der Waals surface area (Å²) < 4.78 is 73.3. The van der Waals surface area contributed by atoms with Gasteiger partial charge in [0.15, 0.2) is 0 Å². The van der Waals surface area contributed by atoms with Crippen LogP contribution in [0.4, 0.5) is 0 Å². The first-order chi connectivity index (χ1) is 61.9. The first kappa shape index (κ1) is 107. The number of carbonyl (C=O) groups excluding carboxylic acids is 10. The quantitative estimate of drug-likeness (QED) is 0.0120. The highest BCUT2D eigenvalue weighted by atomic mass is 16.6. The summed E-state index contributed by atoms with van der Waals surface area (Å²) in [7, 11) is 10.6. The first-order valence-electron chi connectivity index (χ1n) is 44.2. The molecule has 30 heteroatoms. The molecule has 0 spiro atoms. The average Bonchev–Trinajstić information content (AvgIpc) is 0.803. The van der Waals surface area contributed by atoms with Crippen molar-refractivity contribution in [2.24, 2.45) is 23.7 Å². The zero-order valence-electron chi connectivity index (χ0n) is 76.3. The number of hydrogen-bond acceptors (Lipinski definition) is 30. The third-order valence-electron chi connectivity index (χ3n) is 21.5. The number of nitrogens with one attached hydrogen (secondary N) is 2. The number of likely N-dealkylation sites (N-methyl/N-ethyl adjacent to an activating group) is 2. The van der Waals surface area contributed by atoms with Crippen LogP contribution in [0.1, 0.15) is 174 Å². The lowest BCUT2D eigenvalue weighted by Gasteiger charge is -2.33. The Kier molecular flexibility index (Phi) is 53.3. The highest BCUT2D eigenvalue weighted by molar-refractivity contribution is 5.90. The van der Waals surface area contributed by atoms with Gasteiger partial charge in [0.2, 0.25) is 0 Å². The molecule has 0 radical (unpaired) electrons. The van der Waals surface area contributed by atoms with Crippen LogP contribution in [-0.4, -0.2) is 227 Å². The van der Waals surface area contributed by atoms with E-state index >= 15 is 0 Å². The van der Waals surface area contributed by atoms with Gasteiger partial charge in [-0.1, -0.05) is 26.3 Å². The Morgan fingerprint density at radius 2 is 0.570 bits per heavy atom.